The van der Waals surface area contributed by atoms with Crippen LogP contribution in [0.3, 0.4) is 0 Å². The van der Waals surface area contributed by atoms with Gasteiger partial charge in [0.05, 0.1) is 5.56 Å². The molecule has 0 aliphatic carbocycles. The number of hydrogen-bond acceptors (Lipinski definition) is 1. The summed E-state index contributed by atoms with van der Waals surface area (Å²) >= 11 is 3.21. The minimum atomic E-state index is -0.538. The van der Waals surface area contributed by atoms with E-state index >= 15 is 0 Å². The van der Waals surface area contributed by atoms with Gasteiger partial charge in [0, 0.05) is 10.2 Å². The molecule has 0 radical (unpaired) electrons. The highest BCUT2D eigenvalue weighted by Gasteiger charge is 2.17. The molecular weight excluding hydrogens is 321 g/mol. The highest BCUT2D eigenvalue weighted by atomic mass is 79.9. The van der Waals surface area contributed by atoms with Crippen molar-refractivity contribution in [1.82, 2.24) is 0 Å². The number of amides is 1. The number of hydrogen-bond donors (Lipinski definition) is 1. The molecule has 0 bridgehead atoms. The lowest BCUT2D eigenvalue weighted by Gasteiger charge is -2.14. The monoisotopic (exact) mass is 335 g/mol. The Morgan fingerprint density at radius 3 is 2.60 bits per heavy atom. The molecule has 0 fully saturated rings. The van der Waals surface area contributed by atoms with Crippen molar-refractivity contribution >= 4 is 27.5 Å². The Hall–Kier alpha value is -1.68. The molecule has 20 heavy (non-hydrogen) atoms. The molecule has 104 valence electrons. The molecule has 2 aromatic rings. The molecule has 1 N–H and O–H groups in total. The van der Waals surface area contributed by atoms with Crippen molar-refractivity contribution in [3.8, 4) is 0 Å². The van der Waals surface area contributed by atoms with Crippen LogP contribution in [0.2, 0.25) is 0 Å². The molecule has 0 aromatic heterocycles. The van der Waals surface area contributed by atoms with E-state index in [2.05, 4.69) is 21.2 Å². The first-order valence-corrected chi connectivity index (χ1v) is 7.17. The van der Waals surface area contributed by atoms with Crippen molar-refractivity contribution in [2.45, 2.75) is 20.3 Å². The first kappa shape index (κ1) is 14.7. The van der Waals surface area contributed by atoms with Gasteiger partial charge in [-0.15, -0.1) is 0 Å². The number of carbonyl (C=O) groups excluding carboxylic acids is 1. The second-order valence-corrected chi connectivity index (χ2v) is 5.37. The van der Waals surface area contributed by atoms with Gasteiger partial charge in [0.25, 0.3) is 5.91 Å². The second-order valence-electron chi connectivity index (χ2n) is 4.51. The topological polar surface area (TPSA) is 29.1 Å². The fraction of sp³-hybridized carbons (Fsp3) is 0.188. The van der Waals surface area contributed by atoms with Crippen LogP contribution in [-0.2, 0) is 6.42 Å². The zero-order chi connectivity index (χ0) is 14.7. The Labute approximate surface area is 126 Å². The molecular formula is C16H15BrFNO. The van der Waals surface area contributed by atoms with E-state index in [9.17, 15) is 9.18 Å². The van der Waals surface area contributed by atoms with Crippen LogP contribution in [0.1, 0.15) is 28.4 Å². The number of carbonyl (C=O) groups is 1. The van der Waals surface area contributed by atoms with Crippen molar-refractivity contribution in [2.75, 3.05) is 5.32 Å². The summed E-state index contributed by atoms with van der Waals surface area (Å²) in [5.74, 6) is -0.984. The van der Waals surface area contributed by atoms with Crippen LogP contribution in [0.15, 0.2) is 40.9 Å². The summed E-state index contributed by atoms with van der Waals surface area (Å²) in [6.45, 7) is 3.94. The molecule has 0 aliphatic rings. The first-order valence-electron chi connectivity index (χ1n) is 6.38. The summed E-state index contributed by atoms with van der Waals surface area (Å²) in [7, 11) is 0. The van der Waals surface area contributed by atoms with E-state index in [-0.39, 0.29) is 5.56 Å². The smallest absolute Gasteiger partial charge is 0.259 e. The number of benzene rings is 2. The third kappa shape index (κ3) is 2.90. The molecule has 2 rings (SSSR count). The summed E-state index contributed by atoms with van der Waals surface area (Å²) < 4.78 is 14.2. The van der Waals surface area contributed by atoms with E-state index in [0.717, 1.165) is 23.2 Å². The minimum Gasteiger partial charge on any atom is -0.321 e. The van der Waals surface area contributed by atoms with Gasteiger partial charge in [-0.05, 0) is 52.5 Å². The van der Waals surface area contributed by atoms with Crippen LogP contribution in [0, 0.1) is 12.7 Å². The number of anilines is 1. The minimum absolute atomic E-state index is 0.0257. The van der Waals surface area contributed by atoms with E-state index in [1.807, 2.05) is 32.0 Å². The molecule has 0 saturated heterocycles. The predicted molar refractivity (Wildman–Crippen MR) is 82.6 cm³/mol. The standard InChI is InChI=1S/C16H15BrFNO/c1-3-11-7-4-6-10(2)15(11)19-16(20)14-12(17)8-5-9-13(14)18/h4-9H,3H2,1-2H3,(H,19,20). The highest BCUT2D eigenvalue weighted by Crippen LogP contribution is 2.25. The van der Waals surface area contributed by atoms with Crippen LogP contribution in [-0.4, -0.2) is 5.91 Å². The Morgan fingerprint density at radius 2 is 1.95 bits per heavy atom. The van der Waals surface area contributed by atoms with Crippen molar-refractivity contribution in [2.24, 2.45) is 0 Å². The van der Waals surface area contributed by atoms with E-state index in [1.165, 1.54) is 6.07 Å². The van der Waals surface area contributed by atoms with Gasteiger partial charge in [-0.3, -0.25) is 4.79 Å². The van der Waals surface area contributed by atoms with Gasteiger partial charge in [-0.2, -0.15) is 0 Å². The Kier molecular flexibility index (Phi) is 4.55. The molecule has 0 saturated carbocycles. The zero-order valence-electron chi connectivity index (χ0n) is 11.3. The van der Waals surface area contributed by atoms with Crippen LogP contribution in [0.5, 0.6) is 0 Å². The fourth-order valence-corrected chi connectivity index (χ4v) is 2.61. The highest BCUT2D eigenvalue weighted by molar-refractivity contribution is 9.10. The first-order chi connectivity index (χ1) is 9.54. The van der Waals surface area contributed by atoms with E-state index in [0.29, 0.717) is 4.47 Å². The summed E-state index contributed by atoms with van der Waals surface area (Å²) in [6, 6.07) is 10.3. The molecule has 4 heteroatoms. The largest absolute Gasteiger partial charge is 0.321 e. The summed E-state index contributed by atoms with van der Waals surface area (Å²) in [6.07, 6.45) is 0.801. The Morgan fingerprint density at radius 1 is 1.25 bits per heavy atom. The summed E-state index contributed by atoms with van der Waals surface area (Å²) in [5.41, 5.74) is 2.78. The van der Waals surface area contributed by atoms with Gasteiger partial charge in [0.15, 0.2) is 0 Å². The van der Waals surface area contributed by atoms with Crippen molar-refractivity contribution in [3.63, 3.8) is 0 Å². The second kappa shape index (κ2) is 6.18. The van der Waals surface area contributed by atoms with Gasteiger partial charge in [-0.25, -0.2) is 4.39 Å². The molecule has 0 aliphatic heterocycles. The van der Waals surface area contributed by atoms with Gasteiger partial charge < -0.3 is 5.32 Å². The van der Waals surface area contributed by atoms with Gasteiger partial charge in [0.1, 0.15) is 5.82 Å². The average molecular weight is 336 g/mol. The molecule has 0 heterocycles. The quantitative estimate of drug-likeness (QED) is 0.864. The number of nitrogens with one attached hydrogen (secondary N) is 1. The normalized spacial score (nSPS) is 10.4. The van der Waals surface area contributed by atoms with Gasteiger partial charge in [0.2, 0.25) is 0 Å². The molecule has 0 spiro atoms. The third-order valence-electron chi connectivity index (χ3n) is 3.17. The van der Waals surface area contributed by atoms with E-state index in [1.54, 1.807) is 12.1 Å². The molecule has 2 aromatic carbocycles. The Balaban J connectivity index is 2.38. The lowest BCUT2D eigenvalue weighted by Crippen LogP contribution is -2.16. The third-order valence-corrected chi connectivity index (χ3v) is 3.83. The van der Waals surface area contributed by atoms with E-state index < -0.39 is 11.7 Å². The lowest BCUT2D eigenvalue weighted by atomic mass is 10.1. The van der Waals surface area contributed by atoms with E-state index in [4.69, 9.17) is 0 Å². The van der Waals surface area contributed by atoms with Crippen LogP contribution < -0.4 is 5.32 Å². The fourth-order valence-electron chi connectivity index (χ4n) is 2.09. The summed E-state index contributed by atoms with van der Waals surface area (Å²) in [5, 5.41) is 2.82. The van der Waals surface area contributed by atoms with Gasteiger partial charge >= 0.3 is 0 Å². The maximum absolute atomic E-state index is 13.8. The van der Waals surface area contributed by atoms with Crippen molar-refractivity contribution < 1.29 is 9.18 Å². The maximum Gasteiger partial charge on any atom is 0.259 e. The van der Waals surface area contributed by atoms with Crippen LogP contribution >= 0.6 is 15.9 Å². The zero-order valence-corrected chi connectivity index (χ0v) is 12.9. The lowest BCUT2D eigenvalue weighted by molar-refractivity contribution is 0.102. The molecule has 2 nitrogen and oxygen atoms in total. The van der Waals surface area contributed by atoms with Gasteiger partial charge in [-0.1, -0.05) is 31.2 Å². The molecule has 0 atom stereocenters. The van der Waals surface area contributed by atoms with Crippen LogP contribution in [0.25, 0.3) is 0 Å². The molecule has 0 unspecified atom stereocenters. The average Bonchev–Trinajstić information content (AvgIpc) is 2.41. The number of rotatable bonds is 3. The summed E-state index contributed by atoms with van der Waals surface area (Å²) in [4.78, 5) is 12.3. The van der Waals surface area contributed by atoms with Crippen molar-refractivity contribution in [3.05, 3.63) is 63.4 Å². The number of aryl methyl sites for hydroxylation is 2. The predicted octanol–water partition coefficient (Wildman–Crippen LogP) is 4.71. The van der Waals surface area contributed by atoms with Crippen molar-refractivity contribution in [1.29, 1.82) is 0 Å². The number of para-hydroxylation sites is 1. The van der Waals surface area contributed by atoms with Crippen LogP contribution in [0.4, 0.5) is 10.1 Å². The number of halogens is 2. The molecule has 1 amide bonds. The maximum atomic E-state index is 13.8. The Bertz CT molecular complexity index is 635. The SMILES string of the molecule is CCc1cccc(C)c1NC(=O)c1c(F)cccc1Br.